The van der Waals surface area contributed by atoms with E-state index in [1.54, 1.807) is 0 Å². The first-order valence-corrected chi connectivity index (χ1v) is 5.99. The van der Waals surface area contributed by atoms with Crippen molar-refractivity contribution in [3.8, 4) is 0 Å². The van der Waals surface area contributed by atoms with Gasteiger partial charge in [-0.1, -0.05) is 0 Å². The van der Waals surface area contributed by atoms with Gasteiger partial charge in [-0.25, -0.2) is 0 Å². The van der Waals surface area contributed by atoms with Gasteiger partial charge >= 0.3 is 0 Å². The van der Waals surface area contributed by atoms with E-state index in [0.717, 1.165) is 12.0 Å². The second-order valence-electron chi connectivity index (χ2n) is 4.73. The molecule has 0 bridgehead atoms. The second-order valence-corrected chi connectivity index (χ2v) is 4.73. The molecule has 82 valence electrons. The van der Waals surface area contributed by atoms with Gasteiger partial charge in [0.2, 0.25) is 0 Å². The molecule has 2 heterocycles. The Morgan fingerprint density at radius 3 is 2.71 bits per heavy atom. The summed E-state index contributed by atoms with van der Waals surface area (Å²) in [7, 11) is 2.08. The molecule has 2 saturated heterocycles. The summed E-state index contributed by atoms with van der Waals surface area (Å²) < 4.78 is 0. The van der Waals surface area contributed by atoms with Crippen LogP contribution in [-0.4, -0.2) is 50.7 Å². The SMILES string of the molecule is CN[C@H]1CCN(CC2CCNCC2)C1. The van der Waals surface area contributed by atoms with Crippen molar-refractivity contribution in [1.29, 1.82) is 0 Å². The van der Waals surface area contributed by atoms with Crippen molar-refractivity contribution < 1.29 is 0 Å². The minimum atomic E-state index is 0.747. The van der Waals surface area contributed by atoms with Gasteiger partial charge in [-0.3, -0.25) is 0 Å². The molecule has 0 saturated carbocycles. The average molecular weight is 197 g/mol. The zero-order valence-corrected chi connectivity index (χ0v) is 9.26. The lowest BCUT2D eigenvalue weighted by Crippen LogP contribution is -2.36. The predicted octanol–water partition coefficient (Wildman–Crippen LogP) is 0.280. The summed E-state index contributed by atoms with van der Waals surface area (Å²) in [5, 5.41) is 6.81. The monoisotopic (exact) mass is 197 g/mol. The molecule has 0 radical (unpaired) electrons. The number of nitrogens with one attached hydrogen (secondary N) is 2. The zero-order chi connectivity index (χ0) is 9.80. The van der Waals surface area contributed by atoms with Crippen LogP contribution in [0.25, 0.3) is 0 Å². The van der Waals surface area contributed by atoms with Crippen LogP contribution in [-0.2, 0) is 0 Å². The molecule has 2 aliphatic heterocycles. The summed E-state index contributed by atoms with van der Waals surface area (Å²) in [6.07, 6.45) is 4.09. The van der Waals surface area contributed by atoms with E-state index in [2.05, 4.69) is 22.6 Å². The third kappa shape index (κ3) is 2.69. The highest BCUT2D eigenvalue weighted by Crippen LogP contribution is 2.17. The van der Waals surface area contributed by atoms with Crippen LogP contribution in [0.1, 0.15) is 19.3 Å². The van der Waals surface area contributed by atoms with Crippen molar-refractivity contribution in [2.75, 3.05) is 39.8 Å². The van der Waals surface area contributed by atoms with E-state index >= 15 is 0 Å². The van der Waals surface area contributed by atoms with Crippen LogP contribution in [0, 0.1) is 5.92 Å². The molecule has 2 aliphatic rings. The highest BCUT2D eigenvalue weighted by atomic mass is 15.2. The number of nitrogens with zero attached hydrogens (tertiary/aromatic N) is 1. The Balaban J connectivity index is 1.69. The Hall–Kier alpha value is -0.120. The molecule has 3 heteroatoms. The van der Waals surface area contributed by atoms with Gasteiger partial charge in [0.1, 0.15) is 0 Å². The largest absolute Gasteiger partial charge is 0.317 e. The summed E-state index contributed by atoms with van der Waals surface area (Å²) in [6, 6.07) is 0.747. The molecule has 0 aromatic carbocycles. The molecule has 0 unspecified atom stereocenters. The summed E-state index contributed by atoms with van der Waals surface area (Å²) in [4.78, 5) is 2.64. The molecular weight excluding hydrogens is 174 g/mol. The topological polar surface area (TPSA) is 27.3 Å². The van der Waals surface area contributed by atoms with E-state index in [1.807, 2.05) is 0 Å². The van der Waals surface area contributed by atoms with Crippen LogP contribution in [0.5, 0.6) is 0 Å². The highest BCUT2D eigenvalue weighted by molar-refractivity contribution is 4.82. The van der Waals surface area contributed by atoms with Gasteiger partial charge in [0, 0.05) is 19.1 Å². The standard InChI is InChI=1S/C11H23N3/c1-12-11-4-7-14(9-11)8-10-2-5-13-6-3-10/h10-13H,2-9H2,1H3/t11-/m0/s1. The molecule has 2 N–H and O–H groups in total. The molecule has 0 aromatic heterocycles. The Labute approximate surface area is 87.2 Å². The van der Waals surface area contributed by atoms with Gasteiger partial charge in [-0.05, 0) is 51.9 Å². The first kappa shape index (κ1) is 10.4. The van der Waals surface area contributed by atoms with Crippen molar-refractivity contribution in [2.24, 2.45) is 5.92 Å². The van der Waals surface area contributed by atoms with Crippen molar-refractivity contribution in [2.45, 2.75) is 25.3 Å². The van der Waals surface area contributed by atoms with Crippen molar-refractivity contribution in [1.82, 2.24) is 15.5 Å². The summed E-state index contributed by atoms with van der Waals surface area (Å²) in [6.45, 7) is 6.36. The van der Waals surface area contributed by atoms with E-state index < -0.39 is 0 Å². The van der Waals surface area contributed by atoms with Crippen molar-refractivity contribution in [3.05, 3.63) is 0 Å². The van der Waals surface area contributed by atoms with Crippen LogP contribution in [0.4, 0.5) is 0 Å². The molecule has 0 aliphatic carbocycles. The Bertz CT molecular complexity index is 166. The van der Waals surface area contributed by atoms with Crippen LogP contribution in [0.3, 0.4) is 0 Å². The molecule has 14 heavy (non-hydrogen) atoms. The molecule has 1 atom stereocenters. The van der Waals surface area contributed by atoms with Crippen LogP contribution in [0.2, 0.25) is 0 Å². The van der Waals surface area contributed by atoms with E-state index in [4.69, 9.17) is 0 Å². The maximum absolute atomic E-state index is 3.43. The predicted molar refractivity (Wildman–Crippen MR) is 59.5 cm³/mol. The number of hydrogen-bond acceptors (Lipinski definition) is 3. The van der Waals surface area contributed by atoms with Gasteiger partial charge in [-0.15, -0.1) is 0 Å². The zero-order valence-electron chi connectivity index (χ0n) is 9.26. The highest BCUT2D eigenvalue weighted by Gasteiger charge is 2.23. The molecule has 0 spiro atoms. The third-order valence-electron chi connectivity index (χ3n) is 3.66. The Kier molecular flexibility index (Phi) is 3.79. The second kappa shape index (κ2) is 5.10. The molecule has 2 rings (SSSR count). The fourth-order valence-corrected chi connectivity index (χ4v) is 2.66. The van der Waals surface area contributed by atoms with Crippen LogP contribution >= 0.6 is 0 Å². The minimum Gasteiger partial charge on any atom is -0.317 e. The lowest BCUT2D eigenvalue weighted by molar-refractivity contribution is 0.237. The maximum atomic E-state index is 3.43. The lowest BCUT2D eigenvalue weighted by Gasteiger charge is -2.27. The number of piperidine rings is 1. The maximum Gasteiger partial charge on any atom is 0.0204 e. The van der Waals surface area contributed by atoms with Gasteiger partial charge in [0.05, 0.1) is 0 Å². The number of rotatable bonds is 3. The molecule has 3 nitrogen and oxygen atoms in total. The van der Waals surface area contributed by atoms with E-state index in [0.29, 0.717) is 0 Å². The Morgan fingerprint density at radius 1 is 1.29 bits per heavy atom. The average Bonchev–Trinajstić information content (AvgIpc) is 2.67. The smallest absolute Gasteiger partial charge is 0.0204 e. The summed E-state index contributed by atoms with van der Waals surface area (Å²) in [5.74, 6) is 0.951. The quantitative estimate of drug-likeness (QED) is 0.680. The molecular formula is C11H23N3. The first-order valence-electron chi connectivity index (χ1n) is 5.99. The van der Waals surface area contributed by atoms with E-state index in [9.17, 15) is 0 Å². The van der Waals surface area contributed by atoms with Crippen molar-refractivity contribution in [3.63, 3.8) is 0 Å². The normalized spacial score (nSPS) is 31.1. The molecule has 0 aromatic rings. The number of hydrogen-bond donors (Lipinski definition) is 2. The fraction of sp³-hybridized carbons (Fsp3) is 1.00. The summed E-state index contributed by atoms with van der Waals surface area (Å²) >= 11 is 0. The molecule has 2 fully saturated rings. The number of likely N-dealkylation sites (N-methyl/N-ethyl adjacent to an activating group) is 1. The van der Waals surface area contributed by atoms with Crippen molar-refractivity contribution >= 4 is 0 Å². The minimum absolute atomic E-state index is 0.747. The van der Waals surface area contributed by atoms with E-state index in [-0.39, 0.29) is 0 Å². The van der Waals surface area contributed by atoms with Crippen LogP contribution < -0.4 is 10.6 Å². The molecule has 0 amide bonds. The van der Waals surface area contributed by atoms with Gasteiger partial charge in [0.25, 0.3) is 0 Å². The van der Waals surface area contributed by atoms with E-state index in [1.165, 1.54) is 52.0 Å². The third-order valence-corrected chi connectivity index (χ3v) is 3.66. The van der Waals surface area contributed by atoms with Gasteiger partial charge in [-0.2, -0.15) is 0 Å². The van der Waals surface area contributed by atoms with Gasteiger partial charge in [0.15, 0.2) is 0 Å². The first-order chi connectivity index (χ1) is 6.88. The van der Waals surface area contributed by atoms with Crippen LogP contribution in [0.15, 0.2) is 0 Å². The summed E-state index contributed by atoms with van der Waals surface area (Å²) in [5.41, 5.74) is 0. The van der Waals surface area contributed by atoms with Gasteiger partial charge < -0.3 is 15.5 Å². The lowest BCUT2D eigenvalue weighted by atomic mass is 9.98. The number of likely N-dealkylation sites (tertiary alicyclic amines) is 1. The fourth-order valence-electron chi connectivity index (χ4n) is 2.66. The Morgan fingerprint density at radius 2 is 2.07 bits per heavy atom.